The third kappa shape index (κ3) is 4.57. The second-order valence-corrected chi connectivity index (χ2v) is 15.7. The summed E-state index contributed by atoms with van der Waals surface area (Å²) < 4.78 is 43.0. The molecule has 0 saturated heterocycles. The Bertz CT molecular complexity index is 1990. The number of aromatic amines is 2. The first-order valence-corrected chi connectivity index (χ1v) is 17.4. The van der Waals surface area contributed by atoms with Crippen LogP contribution in [-0.4, -0.2) is 107 Å². The molecule has 12 atom stereocenters. The zero-order valence-electron chi connectivity index (χ0n) is 23.9. The minimum atomic E-state index is -5.31. The number of hydrogen-bond acceptors (Lipinski definition) is 15. The fraction of sp³-hybridized carbons (Fsp3) is 0.583. The molecule has 4 saturated carbocycles. The molecule has 23 heteroatoms. The van der Waals surface area contributed by atoms with Crippen LogP contribution in [0, 0.1) is 22.7 Å². The second-order valence-electron chi connectivity index (χ2n) is 12.6. The maximum absolute atomic E-state index is 12.8. The van der Waals surface area contributed by atoms with E-state index in [1.165, 1.54) is 21.8 Å². The molecule has 0 aliphatic heterocycles. The van der Waals surface area contributed by atoms with E-state index in [1.54, 1.807) is 0 Å². The number of aliphatic hydroxyl groups is 4. The lowest BCUT2D eigenvalue weighted by atomic mass is 10.0. The molecule has 0 amide bonds. The monoisotopic (exact) mass is 698 g/mol. The first-order chi connectivity index (χ1) is 22.2. The number of hydrogen-bond donors (Lipinski definition) is 8. The summed E-state index contributed by atoms with van der Waals surface area (Å²) in [5, 5.41) is 43.4. The molecule has 4 fully saturated rings. The third-order valence-corrected chi connectivity index (χ3v) is 12.8. The molecule has 0 aromatic carbocycles. The van der Waals surface area contributed by atoms with Crippen molar-refractivity contribution in [3.05, 3.63) is 46.0 Å². The van der Waals surface area contributed by atoms with Gasteiger partial charge in [-0.1, -0.05) is 0 Å². The first-order valence-electron chi connectivity index (χ1n) is 14.4. The fourth-order valence-electron chi connectivity index (χ4n) is 7.80. The van der Waals surface area contributed by atoms with E-state index >= 15 is 0 Å². The summed E-state index contributed by atoms with van der Waals surface area (Å²) in [5.74, 6) is -1.00. The zero-order chi connectivity index (χ0) is 33.3. The summed E-state index contributed by atoms with van der Waals surface area (Å²) in [4.78, 5) is 65.8. The Hall–Kier alpha value is -3.20. The van der Waals surface area contributed by atoms with Crippen LogP contribution in [0.1, 0.15) is 24.9 Å². The van der Waals surface area contributed by atoms with Gasteiger partial charge in [-0.05, 0) is 24.7 Å². The Balaban J connectivity index is 0.921. The Labute approximate surface area is 261 Å². The summed E-state index contributed by atoms with van der Waals surface area (Å²) in [6.07, 6.45) is -0.276. The highest BCUT2D eigenvalue weighted by molar-refractivity contribution is 7.61. The van der Waals surface area contributed by atoms with Crippen LogP contribution in [0.5, 0.6) is 0 Å². The summed E-state index contributed by atoms with van der Waals surface area (Å²) >= 11 is 0. The largest absolute Gasteiger partial charge is 0.481 e. The van der Waals surface area contributed by atoms with Gasteiger partial charge in [0.25, 0.3) is 11.1 Å². The molecule has 4 heterocycles. The Morgan fingerprint density at radius 3 is 1.55 bits per heavy atom. The van der Waals surface area contributed by atoms with E-state index in [4.69, 9.17) is 9.05 Å². The maximum atomic E-state index is 12.8. The highest BCUT2D eigenvalue weighted by Crippen LogP contribution is 2.72. The van der Waals surface area contributed by atoms with Crippen LogP contribution in [0.3, 0.4) is 0 Å². The van der Waals surface area contributed by atoms with Gasteiger partial charge in [0.05, 0.1) is 62.8 Å². The average molecular weight is 698 g/mol. The number of phosphoric acid groups is 2. The number of fused-ring (bicyclic) bond motifs is 4. The van der Waals surface area contributed by atoms with E-state index in [0.29, 0.717) is 0 Å². The summed E-state index contributed by atoms with van der Waals surface area (Å²) in [5.41, 5.74) is -3.08. The Morgan fingerprint density at radius 2 is 1.15 bits per heavy atom. The van der Waals surface area contributed by atoms with Gasteiger partial charge in [-0.3, -0.25) is 18.6 Å². The smallest absolute Gasteiger partial charge is 0.390 e. The number of aromatic nitrogens is 8. The zero-order valence-corrected chi connectivity index (χ0v) is 25.7. The highest BCUT2D eigenvalue weighted by Gasteiger charge is 2.73. The van der Waals surface area contributed by atoms with Gasteiger partial charge < -0.3 is 49.3 Å². The van der Waals surface area contributed by atoms with Gasteiger partial charge in [0.1, 0.15) is 12.2 Å². The molecular weight excluding hydrogens is 670 g/mol. The summed E-state index contributed by atoms with van der Waals surface area (Å²) in [7, 11) is -10.6. The van der Waals surface area contributed by atoms with E-state index < -0.39 is 99.1 Å². The Kier molecular flexibility index (Phi) is 6.72. The molecule has 4 aliphatic rings. The van der Waals surface area contributed by atoms with Crippen molar-refractivity contribution in [2.45, 2.75) is 49.3 Å². The second kappa shape index (κ2) is 10.2. The number of rotatable bonds is 10. The highest BCUT2D eigenvalue weighted by atomic mass is 31.3. The van der Waals surface area contributed by atoms with E-state index in [0.717, 1.165) is 12.7 Å². The van der Waals surface area contributed by atoms with Crippen molar-refractivity contribution >= 4 is 38.0 Å². The molecule has 2 unspecified atom stereocenters. The molecule has 0 radical (unpaired) electrons. The Morgan fingerprint density at radius 1 is 0.745 bits per heavy atom. The first kappa shape index (κ1) is 31.1. The third-order valence-electron chi connectivity index (χ3n) is 10.3. The van der Waals surface area contributed by atoms with E-state index in [1.807, 2.05) is 0 Å². The van der Waals surface area contributed by atoms with Crippen LogP contribution in [0.4, 0.5) is 0 Å². The van der Waals surface area contributed by atoms with Crippen molar-refractivity contribution in [2.75, 3.05) is 13.2 Å². The minimum absolute atomic E-state index is 0.0200. The molecule has 0 spiro atoms. The molecule has 4 aliphatic carbocycles. The van der Waals surface area contributed by atoms with Crippen molar-refractivity contribution in [3.8, 4) is 0 Å². The lowest BCUT2D eigenvalue weighted by Crippen LogP contribution is -2.36. The van der Waals surface area contributed by atoms with Gasteiger partial charge in [0, 0.05) is 10.8 Å². The molecule has 21 nitrogen and oxygen atoms in total. The summed E-state index contributed by atoms with van der Waals surface area (Å²) in [6.45, 7) is -1.29. The number of nitrogens with one attached hydrogen (secondary N) is 2. The van der Waals surface area contributed by atoms with E-state index in [-0.39, 0.29) is 35.2 Å². The molecule has 8 N–H and O–H groups in total. The number of phosphoric ester groups is 2. The standard InChI is InChI=1S/C24H28N8O13P2/c33-15-13(31-7-29-11-19(31)25-5-27-21(11)37)9-1-23(9,17(15)35)3-43-46(39,40)45-47(41,42)44-4-24-2-10(24)14(16(34)18(24)36)32-8-30-12-20(32)26-6-28-22(12)38/h5-10,13-18,33-36H,1-4H2,(H,39,40)(H,41,42)(H,25,27,37)(H,26,28,38)/t9-,10-,13-,14-,15+,16+,17+,18+,23-,24-/m1/s1. The average Bonchev–Trinajstić information content (AvgIpc) is 3.73. The summed E-state index contributed by atoms with van der Waals surface area (Å²) in [6, 6.07) is -1.61. The van der Waals surface area contributed by atoms with Crippen molar-refractivity contribution in [3.63, 3.8) is 0 Å². The van der Waals surface area contributed by atoms with Crippen molar-refractivity contribution in [2.24, 2.45) is 22.7 Å². The van der Waals surface area contributed by atoms with Gasteiger partial charge in [-0.2, -0.15) is 4.31 Å². The van der Waals surface area contributed by atoms with Crippen LogP contribution in [0.25, 0.3) is 22.3 Å². The lowest BCUT2D eigenvalue weighted by molar-refractivity contribution is -0.0319. The van der Waals surface area contributed by atoms with Crippen molar-refractivity contribution in [1.82, 2.24) is 39.0 Å². The van der Waals surface area contributed by atoms with Gasteiger partial charge >= 0.3 is 15.6 Å². The predicted molar refractivity (Wildman–Crippen MR) is 152 cm³/mol. The van der Waals surface area contributed by atoms with Gasteiger partial charge in [0.15, 0.2) is 22.3 Å². The van der Waals surface area contributed by atoms with Gasteiger partial charge in [-0.15, -0.1) is 0 Å². The van der Waals surface area contributed by atoms with Crippen molar-refractivity contribution in [1.29, 1.82) is 0 Å². The molecule has 0 bridgehead atoms. The topological polar surface area (TPSA) is 310 Å². The van der Waals surface area contributed by atoms with Crippen LogP contribution in [0.15, 0.2) is 34.9 Å². The maximum Gasteiger partial charge on any atom is 0.481 e. The molecule has 4 aromatic rings. The van der Waals surface area contributed by atoms with Crippen molar-refractivity contribution < 1.29 is 52.7 Å². The molecular formula is C24H28N8O13P2. The number of aliphatic hydroxyl groups excluding tert-OH is 4. The van der Waals surface area contributed by atoms with Crippen LogP contribution < -0.4 is 11.1 Å². The number of nitrogens with zero attached hydrogens (tertiary/aromatic N) is 6. The molecule has 252 valence electrons. The van der Waals surface area contributed by atoms with Gasteiger partial charge in [-0.25, -0.2) is 29.1 Å². The number of imidazole rings is 2. The van der Waals surface area contributed by atoms with E-state index in [2.05, 4.69) is 34.2 Å². The molecule has 8 rings (SSSR count). The fourth-order valence-corrected chi connectivity index (χ4v) is 10.0. The quantitative estimate of drug-likeness (QED) is 0.0836. The number of H-pyrrole nitrogens is 2. The van der Waals surface area contributed by atoms with E-state index in [9.17, 15) is 48.9 Å². The predicted octanol–water partition coefficient (Wildman–Crippen LogP) is -1.93. The molecule has 47 heavy (non-hydrogen) atoms. The normalized spacial score (nSPS) is 38.3. The SMILES string of the molecule is O=c1[nH]cnc2c1ncn2[C@H]1[C@H](O)[C@H](O)[C@@]2(COP(=O)(O)OP(=O)(O)OC[C@]34C[C@@H]3[C@@H](n3cnc5c(=O)[nH]cnc53)[C@H](O)[C@@H]4O)C[C@H]12. The minimum Gasteiger partial charge on any atom is -0.390 e. The van der Waals surface area contributed by atoms with Crippen LogP contribution in [0.2, 0.25) is 0 Å². The van der Waals surface area contributed by atoms with Gasteiger partial charge in [0.2, 0.25) is 0 Å². The van der Waals surface area contributed by atoms with Crippen LogP contribution >= 0.6 is 15.6 Å². The molecule has 4 aromatic heterocycles. The van der Waals surface area contributed by atoms with Crippen LogP contribution in [-0.2, 0) is 22.5 Å². The lowest BCUT2D eigenvalue weighted by Gasteiger charge is -2.25.